The Bertz CT molecular complexity index is 994. The summed E-state index contributed by atoms with van der Waals surface area (Å²) in [5.41, 5.74) is 5.05. The lowest BCUT2D eigenvalue weighted by Gasteiger charge is -2.18. The van der Waals surface area contributed by atoms with Gasteiger partial charge in [0.1, 0.15) is 5.82 Å². The van der Waals surface area contributed by atoms with Crippen molar-refractivity contribution in [1.82, 2.24) is 20.2 Å². The molecule has 1 amide bonds. The molecule has 4 N–H and O–H groups in total. The van der Waals surface area contributed by atoms with Crippen molar-refractivity contribution in [1.29, 1.82) is 0 Å². The summed E-state index contributed by atoms with van der Waals surface area (Å²) in [5, 5.41) is 25.0. The van der Waals surface area contributed by atoms with Crippen LogP contribution in [0.15, 0.2) is 54.7 Å². The first-order chi connectivity index (χ1) is 14.8. The topological polar surface area (TPSA) is 99.4 Å². The summed E-state index contributed by atoms with van der Waals surface area (Å²) in [5.74, 6) is 0.842. The van der Waals surface area contributed by atoms with E-state index in [0.717, 1.165) is 40.3 Å². The summed E-state index contributed by atoms with van der Waals surface area (Å²) >= 11 is 0. The van der Waals surface area contributed by atoms with Crippen LogP contribution in [0.5, 0.6) is 0 Å². The number of aliphatic hydroxyl groups excluding tert-OH is 1. The van der Waals surface area contributed by atoms with Gasteiger partial charge in [0.2, 0.25) is 0 Å². The zero-order valence-corrected chi connectivity index (χ0v) is 18.2. The Morgan fingerprint density at radius 3 is 2.45 bits per heavy atom. The summed E-state index contributed by atoms with van der Waals surface area (Å²) in [7, 11) is 0. The number of aryl methyl sites for hydroxylation is 2. The number of aromatic nitrogens is 2. The van der Waals surface area contributed by atoms with Crippen molar-refractivity contribution in [3.63, 3.8) is 0 Å². The largest absolute Gasteiger partial charge is 0.465 e. The van der Waals surface area contributed by atoms with Crippen LogP contribution >= 0.6 is 0 Å². The van der Waals surface area contributed by atoms with Crippen molar-refractivity contribution in [2.24, 2.45) is 0 Å². The van der Waals surface area contributed by atoms with Crippen molar-refractivity contribution in [2.75, 3.05) is 6.54 Å². The van der Waals surface area contributed by atoms with Gasteiger partial charge in [-0.1, -0.05) is 30.3 Å². The van der Waals surface area contributed by atoms with Crippen LogP contribution in [-0.4, -0.2) is 38.4 Å². The molecule has 164 valence electrons. The Hall–Kier alpha value is -3.16. The van der Waals surface area contributed by atoms with Crippen LogP contribution in [-0.2, 0) is 13.0 Å². The summed E-state index contributed by atoms with van der Waals surface area (Å²) in [6.45, 7) is 6.86. The molecule has 0 fully saturated rings. The molecular weight excluding hydrogens is 392 g/mol. The smallest absolute Gasteiger partial charge is 0.404 e. The fraction of sp³-hybridized carbons (Fsp3) is 0.333. The molecule has 0 spiro atoms. The lowest BCUT2D eigenvalue weighted by molar-refractivity contribution is 0.170. The van der Waals surface area contributed by atoms with Gasteiger partial charge in [0.25, 0.3) is 0 Å². The molecule has 0 aliphatic carbocycles. The van der Waals surface area contributed by atoms with Crippen molar-refractivity contribution < 1.29 is 15.0 Å². The number of aliphatic hydroxyl groups is 1. The Morgan fingerprint density at radius 1 is 1.10 bits per heavy atom. The molecule has 0 saturated carbocycles. The van der Waals surface area contributed by atoms with Gasteiger partial charge in [-0.25, -0.2) is 9.78 Å². The van der Waals surface area contributed by atoms with Gasteiger partial charge in [-0.3, -0.25) is 0 Å². The minimum absolute atomic E-state index is 0.148. The van der Waals surface area contributed by atoms with Crippen molar-refractivity contribution in [3.05, 3.63) is 82.8 Å². The Kier molecular flexibility index (Phi) is 7.44. The van der Waals surface area contributed by atoms with Gasteiger partial charge in [-0.05, 0) is 56.5 Å². The van der Waals surface area contributed by atoms with Gasteiger partial charge in [0, 0.05) is 42.3 Å². The van der Waals surface area contributed by atoms with E-state index < -0.39 is 12.2 Å². The first-order valence-corrected chi connectivity index (χ1v) is 10.4. The van der Waals surface area contributed by atoms with Crippen LogP contribution in [0.1, 0.15) is 41.1 Å². The van der Waals surface area contributed by atoms with Gasteiger partial charge in [-0.2, -0.15) is 0 Å². The summed E-state index contributed by atoms with van der Waals surface area (Å²) in [6, 6.07) is 16.0. The second kappa shape index (κ2) is 10.2. The van der Waals surface area contributed by atoms with E-state index >= 15 is 0 Å². The van der Waals surface area contributed by atoms with Gasteiger partial charge in [-0.15, -0.1) is 0 Å². The lowest BCUT2D eigenvalue weighted by Crippen LogP contribution is -2.32. The number of pyridine rings is 1. The highest BCUT2D eigenvalue weighted by Crippen LogP contribution is 2.17. The van der Waals surface area contributed by atoms with Crippen molar-refractivity contribution >= 4 is 6.09 Å². The first-order valence-electron chi connectivity index (χ1n) is 10.4. The van der Waals surface area contributed by atoms with Crippen molar-refractivity contribution in [3.8, 4) is 5.82 Å². The zero-order chi connectivity index (χ0) is 22.4. The van der Waals surface area contributed by atoms with Crippen LogP contribution in [0.2, 0.25) is 0 Å². The number of carboxylic acid groups (broad SMARTS) is 1. The van der Waals surface area contributed by atoms with Gasteiger partial charge < -0.3 is 25.4 Å². The molecule has 7 heteroatoms. The average Bonchev–Trinajstić information content (AvgIpc) is 3.09. The minimum Gasteiger partial charge on any atom is -0.465 e. The first kappa shape index (κ1) is 22.5. The fourth-order valence-electron chi connectivity index (χ4n) is 3.66. The van der Waals surface area contributed by atoms with Gasteiger partial charge in [0.05, 0.1) is 6.10 Å². The fourth-order valence-corrected chi connectivity index (χ4v) is 3.66. The summed E-state index contributed by atoms with van der Waals surface area (Å²) in [4.78, 5) is 15.2. The SMILES string of the molecule is Cc1ccc(C)n1-c1ccc([C@H](O)CN[C@H](C)Cc2cccc(CNC(=O)O)c2)cn1. The van der Waals surface area contributed by atoms with Crippen LogP contribution in [0.4, 0.5) is 4.79 Å². The molecule has 2 aromatic heterocycles. The maximum Gasteiger partial charge on any atom is 0.404 e. The number of carbonyl (C=O) groups is 1. The average molecular weight is 423 g/mol. The van der Waals surface area contributed by atoms with E-state index in [0.29, 0.717) is 6.54 Å². The molecule has 0 aliphatic heterocycles. The molecule has 7 nitrogen and oxygen atoms in total. The maximum absolute atomic E-state index is 10.7. The predicted molar refractivity (Wildman–Crippen MR) is 120 cm³/mol. The van der Waals surface area contributed by atoms with E-state index in [4.69, 9.17) is 5.11 Å². The highest BCUT2D eigenvalue weighted by molar-refractivity contribution is 5.64. The van der Waals surface area contributed by atoms with Crippen LogP contribution in [0, 0.1) is 13.8 Å². The van der Waals surface area contributed by atoms with E-state index in [1.165, 1.54) is 0 Å². The molecular formula is C24H30N4O3. The molecule has 0 radical (unpaired) electrons. The highest BCUT2D eigenvalue weighted by atomic mass is 16.4. The third-order valence-electron chi connectivity index (χ3n) is 5.29. The van der Waals surface area contributed by atoms with E-state index in [1.54, 1.807) is 6.20 Å². The Morgan fingerprint density at radius 2 is 1.81 bits per heavy atom. The maximum atomic E-state index is 10.7. The lowest BCUT2D eigenvalue weighted by atomic mass is 10.0. The normalized spacial score (nSPS) is 13.0. The van der Waals surface area contributed by atoms with Crippen LogP contribution < -0.4 is 10.6 Å². The number of nitrogens with one attached hydrogen (secondary N) is 2. The number of amides is 1. The second-order valence-electron chi connectivity index (χ2n) is 7.91. The van der Waals surface area contributed by atoms with E-state index in [2.05, 4.69) is 39.2 Å². The van der Waals surface area contributed by atoms with Gasteiger partial charge in [0.15, 0.2) is 0 Å². The number of hydrogen-bond donors (Lipinski definition) is 4. The van der Waals surface area contributed by atoms with E-state index in [-0.39, 0.29) is 12.6 Å². The third-order valence-corrected chi connectivity index (χ3v) is 5.29. The number of benzene rings is 1. The van der Waals surface area contributed by atoms with Crippen LogP contribution in [0.3, 0.4) is 0 Å². The Balaban J connectivity index is 1.53. The molecule has 0 unspecified atom stereocenters. The van der Waals surface area contributed by atoms with Crippen molar-refractivity contribution in [2.45, 2.75) is 45.9 Å². The monoisotopic (exact) mass is 422 g/mol. The van der Waals surface area contributed by atoms with E-state index in [9.17, 15) is 9.90 Å². The molecule has 2 heterocycles. The Labute approximate surface area is 182 Å². The van der Waals surface area contributed by atoms with E-state index in [1.807, 2.05) is 50.2 Å². The summed E-state index contributed by atoms with van der Waals surface area (Å²) in [6.07, 6.45) is 0.818. The summed E-state index contributed by atoms with van der Waals surface area (Å²) < 4.78 is 2.08. The molecule has 0 saturated heterocycles. The second-order valence-corrected chi connectivity index (χ2v) is 7.91. The number of nitrogens with zero attached hydrogens (tertiary/aromatic N) is 2. The molecule has 1 aromatic carbocycles. The molecule has 3 rings (SSSR count). The highest BCUT2D eigenvalue weighted by Gasteiger charge is 2.12. The minimum atomic E-state index is -1.03. The number of rotatable bonds is 9. The standard InChI is InChI=1S/C24H30N4O3/c1-16(11-19-5-4-6-20(12-19)13-27-24(30)31)25-15-22(29)21-9-10-23(26-14-21)28-17(2)7-8-18(28)3/h4-10,12,14,16,22,25,27,29H,11,13,15H2,1-3H3,(H,30,31)/t16-,22-/m1/s1. The quantitative estimate of drug-likeness (QED) is 0.423. The third kappa shape index (κ3) is 6.16. The molecule has 2 atom stereocenters. The zero-order valence-electron chi connectivity index (χ0n) is 18.2. The molecule has 0 aliphatic rings. The van der Waals surface area contributed by atoms with Gasteiger partial charge >= 0.3 is 6.09 Å². The molecule has 31 heavy (non-hydrogen) atoms. The molecule has 0 bridgehead atoms. The number of hydrogen-bond acceptors (Lipinski definition) is 4. The molecule has 3 aromatic rings. The predicted octanol–water partition coefficient (Wildman–Crippen LogP) is 3.51. The van der Waals surface area contributed by atoms with Crippen LogP contribution in [0.25, 0.3) is 5.82 Å².